The van der Waals surface area contributed by atoms with Crippen molar-refractivity contribution in [2.24, 2.45) is 0 Å². The summed E-state index contributed by atoms with van der Waals surface area (Å²) in [6.07, 6.45) is 1.69. The van der Waals surface area contributed by atoms with Gasteiger partial charge in [-0.05, 0) is 12.5 Å². The number of carboxylic acid groups (broad SMARTS) is 1. The standard InChI is InChI=1S/C11H13N3O4S2/c1-2-3-8-5-9(13-12-8)14-20(17,18)10-4-7(6-19-10)11(15)16/h4-6H,2-3H2,1H3,(H,15,16)(H2,12,13,14). The van der Waals surface area contributed by atoms with Crippen molar-refractivity contribution in [1.82, 2.24) is 10.2 Å². The van der Waals surface area contributed by atoms with Gasteiger partial charge in [0.05, 0.1) is 5.56 Å². The molecule has 0 saturated carbocycles. The molecule has 0 unspecified atom stereocenters. The van der Waals surface area contributed by atoms with Crippen molar-refractivity contribution in [1.29, 1.82) is 0 Å². The zero-order valence-corrected chi connectivity index (χ0v) is 12.2. The van der Waals surface area contributed by atoms with E-state index in [1.807, 2.05) is 6.92 Å². The van der Waals surface area contributed by atoms with Gasteiger partial charge in [0.2, 0.25) is 0 Å². The largest absolute Gasteiger partial charge is 0.478 e. The predicted octanol–water partition coefficient (Wildman–Crippen LogP) is 1.92. The maximum atomic E-state index is 12.1. The average molecular weight is 315 g/mol. The third-order valence-corrected chi connectivity index (χ3v) is 5.27. The van der Waals surface area contributed by atoms with Gasteiger partial charge in [-0.1, -0.05) is 13.3 Å². The van der Waals surface area contributed by atoms with E-state index in [1.165, 1.54) is 5.38 Å². The minimum Gasteiger partial charge on any atom is -0.478 e. The van der Waals surface area contributed by atoms with Gasteiger partial charge in [-0.2, -0.15) is 5.10 Å². The second kappa shape index (κ2) is 5.63. The van der Waals surface area contributed by atoms with Crippen LogP contribution in [-0.4, -0.2) is 29.7 Å². The number of aromatic nitrogens is 2. The zero-order valence-electron chi connectivity index (χ0n) is 10.6. The number of aromatic amines is 1. The number of rotatable bonds is 6. The Balaban J connectivity index is 2.19. The Morgan fingerprint density at radius 2 is 2.25 bits per heavy atom. The summed E-state index contributed by atoms with van der Waals surface area (Å²) in [5.41, 5.74) is 0.784. The number of nitrogens with one attached hydrogen (secondary N) is 2. The summed E-state index contributed by atoms with van der Waals surface area (Å²) in [5, 5.41) is 16.7. The van der Waals surface area contributed by atoms with Crippen LogP contribution in [0.4, 0.5) is 5.82 Å². The number of hydrogen-bond donors (Lipinski definition) is 3. The summed E-state index contributed by atoms with van der Waals surface area (Å²) in [7, 11) is -3.80. The van der Waals surface area contributed by atoms with Crippen LogP contribution in [0.5, 0.6) is 0 Å². The van der Waals surface area contributed by atoms with Crippen LogP contribution in [0, 0.1) is 0 Å². The van der Waals surface area contributed by atoms with E-state index < -0.39 is 16.0 Å². The number of aryl methyl sites for hydroxylation is 1. The maximum absolute atomic E-state index is 12.1. The van der Waals surface area contributed by atoms with Crippen molar-refractivity contribution in [3.63, 3.8) is 0 Å². The molecule has 2 heterocycles. The number of nitrogens with zero attached hydrogens (tertiary/aromatic N) is 1. The zero-order chi connectivity index (χ0) is 14.8. The van der Waals surface area contributed by atoms with E-state index in [0.29, 0.717) is 0 Å². The fraction of sp³-hybridized carbons (Fsp3) is 0.273. The molecule has 2 rings (SSSR count). The van der Waals surface area contributed by atoms with Crippen LogP contribution in [0.15, 0.2) is 21.7 Å². The van der Waals surface area contributed by atoms with E-state index in [1.54, 1.807) is 6.07 Å². The lowest BCUT2D eigenvalue weighted by Gasteiger charge is -2.01. The smallest absolute Gasteiger partial charge is 0.336 e. The first-order valence-corrected chi connectivity index (χ1v) is 8.17. The molecule has 0 spiro atoms. The molecule has 0 amide bonds. The molecular formula is C11H13N3O4S2. The molecule has 9 heteroatoms. The van der Waals surface area contributed by atoms with Crippen LogP contribution in [0.3, 0.4) is 0 Å². The first-order valence-electron chi connectivity index (χ1n) is 5.81. The highest BCUT2D eigenvalue weighted by atomic mass is 32.2. The van der Waals surface area contributed by atoms with Gasteiger partial charge in [-0.3, -0.25) is 9.82 Å². The molecule has 3 N–H and O–H groups in total. The van der Waals surface area contributed by atoms with Gasteiger partial charge >= 0.3 is 5.97 Å². The molecule has 20 heavy (non-hydrogen) atoms. The van der Waals surface area contributed by atoms with Crippen LogP contribution in [0.1, 0.15) is 29.4 Å². The predicted molar refractivity (Wildman–Crippen MR) is 74.7 cm³/mol. The molecule has 0 aromatic carbocycles. The molecular weight excluding hydrogens is 302 g/mol. The Morgan fingerprint density at radius 3 is 2.85 bits per heavy atom. The highest BCUT2D eigenvalue weighted by Gasteiger charge is 2.20. The molecule has 0 aliphatic carbocycles. The summed E-state index contributed by atoms with van der Waals surface area (Å²) >= 11 is 0.852. The van der Waals surface area contributed by atoms with Crippen molar-refractivity contribution in [3.05, 3.63) is 28.8 Å². The summed E-state index contributed by atoms with van der Waals surface area (Å²) in [4.78, 5) is 10.7. The molecule has 0 aliphatic heterocycles. The molecule has 0 saturated heterocycles. The maximum Gasteiger partial charge on any atom is 0.336 e. The van der Waals surface area contributed by atoms with Gasteiger partial charge < -0.3 is 5.11 Å². The number of aromatic carboxylic acids is 1. The van der Waals surface area contributed by atoms with E-state index in [4.69, 9.17) is 5.11 Å². The fourth-order valence-corrected chi connectivity index (χ4v) is 3.71. The average Bonchev–Trinajstić information content (AvgIpc) is 2.98. The monoisotopic (exact) mass is 315 g/mol. The number of carbonyl (C=O) groups is 1. The second-order valence-corrected chi connectivity index (χ2v) is 6.91. The fourth-order valence-electron chi connectivity index (χ4n) is 1.57. The molecule has 2 aromatic rings. The third-order valence-electron chi connectivity index (χ3n) is 2.48. The molecule has 0 aliphatic rings. The van der Waals surface area contributed by atoms with Crippen molar-refractivity contribution in [3.8, 4) is 0 Å². The number of hydrogen-bond acceptors (Lipinski definition) is 5. The van der Waals surface area contributed by atoms with E-state index in [2.05, 4.69) is 14.9 Å². The van der Waals surface area contributed by atoms with E-state index in [0.717, 1.165) is 35.9 Å². The number of carboxylic acids is 1. The number of thiophene rings is 1. The first-order chi connectivity index (χ1) is 9.42. The Kier molecular flexibility index (Phi) is 4.09. The van der Waals surface area contributed by atoms with Gasteiger partial charge in [-0.25, -0.2) is 13.2 Å². The first kappa shape index (κ1) is 14.5. The lowest BCUT2D eigenvalue weighted by Crippen LogP contribution is -2.11. The quantitative estimate of drug-likeness (QED) is 0.754. The van der Waals surface area contributed by atoms with Crippen molar-refractivity contribution in [2.75, 3.05) is 4.72 Å². The SMILES string of the molecule is CCCc1cc(NS(=O)(=O)c2cc(C(=O)O)cs2)n[nH]1. The topological polar surface area (TPSA) is 112 Å². The molecule has 108 valence electrons. The molecule has 7 nitrogen and oxygen atoms in total. The normalized spacial score (nSPS) is 11.4. The summed E-state index contributed by atoms with van der Waals surface area (Å²) in [6, 6.07) is 2.74. The van der Waals surface area contributed by atoms with E-state index in [-0.39, 0.29) is 15.6 Å². The molecule has 0 radical (unpaired) electrons. The Morgan fingerprint density at radius 1 is 1.50 bits per heavy atom. The third kappa shape index (κ3) is 3.17. The van der Waals surface area contributed by atoms with Crippen molar-refractivity contribution >= 4 is 33.1 Å². The van der Waals surface area contributed by atoms with E-state index in [9.17, 15) is 13.2 Å². The Labute approximate surface area is 119 Å². The molecule has 2 aromatic heterocycles. The van der Waals surface area contributed by atoms with Gasteiger partial charge in [0.15, 0.2) is 5.82 Å². The van der Waals surface area contributed by atoms with Gasteiger partial charge in [0.1, 0.15) is 4.21 Å². The van der Waals surface area contributed by atoms with E-state index >= 15 is 0 Å². The number of anilines is 1. The molecule has 0 fully saturated rings. The highest BCUT2D eigenvalue weighted by Crippen LogP contribution is 2.22. The molecule has 0 atom stereocenters. The number of H-pyrrole nitrogens is 1. The minimum atomic E-state index is -3.80. The van der Waals surface area contributed by atoms with Crippen molar-refractivity contribution in [2.45, 2.75) is 24.0 Å². The van der Waals surface area contributed by atoms with Crippen molar-refractivity contribution < 1.29 is 18.3 Å². The molecule has 0 bridgehead atoms. The summed E-state index contributed by atoms with van der Waals surface area (Å²) in [5.74, 6) is -0.966. The van der Waals surface area contributed by atoms with Crippen LogP contribution in [0.25, 0.3) is 0 Å². The lowest BCUT2D eigenvalue weighted by molar-refractivity contribution is 0.0697. The minimum absolute atomic E-state index is 0.0518. The Bertz CT molecular complexity index is 718. The second-order valence-electron chi connectivity index (χ2n) is 4.09. The van der Waals surface area contributed by atoms with Crippen LogP contribution in [0.2, 0.25) is 0 Å². The van der Waals surface area contributed by atoms with Crippen LogP contribution < -0.4 is 4.72 Å². The Hall–Kier alpha value is -1.87. The van der Waals surface area contributed by atoms with Gasteiger partial charge in [-0.15, -0.1) is 11.3 Å². The summed E-state index contributed by atoms with van der Waals surface area (Å²) < 4.78 is 26.4. The van der Waals surface area contributed by atoms with Crippen LogP contribution in [-0.2, 0) is 16.4 Å². The lowest BCUT2D eigenvalue weighted by atomic mass is 10.2. The number of sulfonamides is 1. The van der Waals surface area contributed by atoms with Gasteiger partial charge in [0.25, 0.3) is 10.0 Å². The summed E-state index contributed by atoms with van der Waals surface area (Å²) in [6.45, 7) is 2.00. The highest BCUT2D eigenvalue weighted by molar-refractivity contribution is 7.94. The van der Waals surface area contributed by atoms with Gasteiger partial charge in [0, 0.05) is 17.1 Å². The van der Waals surface area contributed by atoms with Crippen LogP contribution >= 0.6 is 11.3 Å².